The Labute approximate surface area is 398 Å². The van der Waals surface area contributed by atoms with Crippen molar-refractivity contribution in [2.75, 3.05) is 13.2 Å². The van der Waals surface area contributed by atoms with Crippen molar-refractivity contribution in [3.05, 3.63) is 60.8 Å². The van der Waals surface area contributed by atoms with Crippen molar-refractivity contribution in [2.45, 2.75) is 275 Å². The van der Waals surface area contributed by atoms with Crippen LogP contribution in [0, 0.1) is 0 Å². The Hall–Kier alpha value is -2.11. The lowest BCUT2D eigenvalue weighted by molar-refractivity contribution is -0.302. The van der Waals surface area contributed by atoms with Gasteiger partial charge in [-0.1, -0.05) is 216 Å². The number of rotatable bonds is 45. The molecule has 0 aromatic rings. The number of amides is 1. The van der Waals surface area contributed by atoms with Crippen molar-refractivity contribution in [1.29, 1.82) is 0 Å². The van der Waals surface area contributed by atoms with Crippen molar-refractivity contribution in [3.63, 3.8) is 0 Å². The van der Waals surface area contributed by atoms with E-state index >= 15 is 0 Å². The van der Waals surface area contributed by atoms with E-state index < -0.39 is 49.5 Å². The van der Waals surface area contributed by atoms with Crippen molar-refractivity contribution >= 4 is 5.91 Å². The van der Waals surface area contributed by atoms with E-state index in [2.05, 4.69) is 67.8 Å². The topological polar surface area (TPSA) is 149 Å². The van der Waals surface area contributed by atoms with E-state index in [1.54, 1.807) is 6.08 Å². The van der Waals surface area contributed by atoms with Gasteiger partial charge in [0.15, 0.2) is 6.29 Å². The first-order valence-corrected chi connectivity index (χ1v) is 27.0. The molecule has 1 aliphatic rings. The first-order chi connectivity index (χ1) is 31.8. The van der Waals surface area contributed by atoms with Crippen LogP contribution in [0.5, 0.6) is 0 Å². The molecule has 1 heterocycles. The molecule has 0 radical (unpaired) electrons. The highest BCUT2D eigenvalue weighted by atomic mass is 16.7. The zero-order valence-electron chi connectivity index (χ0n) is 41.7. The van der Waals surface area contributed by atoms with Crippen molar-refractivity contribution in [2.24, 2.45) is 0 Å². The van der Waals surface area contributed by atoms with E-state index in [1.165, 1.54) is 148 Å². The molecule has 0 spiro atoms. The number of carbonyl (C=O) groups is 1. The summed E-state index contributed by atoms with van der Waals surface area (Å²) in [5, 5.41) is 54.2. The van der Waals surface area contributed by atoms with Gasteiger partial charge in [-0.2, -0.15) is 0 Å². The fourth-order valence-corrected chi connectivity index (χ4v) is 8.23. The predicted molar refractivity (Wildman–Crippen MR) is 272 cm³/mol. The summed E-state index contributed by atoms with van der Waals surface area (Å²) >= 11 is 0. The predicted octanol–water partition coefficient (Wildman–Crippen LogP) is 12.7. The van der Waals surface area contributed by atoms with E-state index in [-0.39, 0.29) is 12.5 Å². The van der Waals surface area contributed by atoms with Crippen LogP contribution >= 0.6 is 0 Å². The largest absolute Gasteiger partial charge is 0.394 e. The van der Waals surface area contributed by atoms with Crippen molar-refractivity contribution in [3.8, 4) is 0 Å². The van der Waals surface area contributed by atoms with Crippen LogP contribution in [0.15, 0.2) is 60.8 Å². The lowest BCUT2D eigenvalue weighted by Crippen LogP contribution is -2.60. The molecule has 378 valence electrons. The Balaban J connectivity index is 2.14. The van der Waals surface area contributed by atoms with Crippen molar-refractivity contribution < 1.29 is 39.8 Å². The average molecular weight is 916 g/mol. The number of hydrogen-bond donors (Lipinski definition) is 6. The van der Waals surface area contributed by atoms with Gasteiger partial charge in [-0.3, -0.25) is 4.79 Å². The zero-order valence-corrected chi connectivity index (χ0v) is 41.7. The number of ether oxygens (including phenoxy) is 2. The van der Waals surface area contributed by atoms with E-state index in [1.807, 2.05) is 6.08 Å². The normalized spacial score (nSPS) is 20.4. The lowest BCUT2D eigenvalue weighted by atomic mass is 9.99. The van der Waals surface area contributed by atoms with Gasteiger partial charge in [-0.15, -0.1) is 0 Å². The number of aliphatic hydroxyl groups is 5. The van der Waals surface area contributed by atoms with Crippen LogP contribution in [0.2, 0.25) is 0 Å². The molecule has 0 bridgehead atoms. The molecule has 9 heteroatoms. The van der Waals surface area contributed by atoms with Gasteiger partial charge in [0.2, 0.25) is 5.91 Å². The summed E-state index contributed by atoms with van der Waals surface area (Å²) in [6.45, 7) is 3.68. The number of carbonyl (C=O) groups excluding carboxylic acids is 1. The van der Waals surface area contributed by atoms with Gasteiger partial charge in [0.25, 0.3) is 0 Å². The van der Waals surface area contributed by atoms with Gasteiger partial charge in [0, 0.05) is 6.42 Å². The Kier molecular flexibility index (Phi) is 42.8. The Morgan fingerprint density at radius 3 is 1.43 bits per heavy atom. The quantitative estimate of drug-likeness (QED) is 0.0261. The summed E-state index contributed by atoms with van der Waals surface area (Å²) in [7, 11) is 0. The van der Waals surface area contributed by atoms with Crippen LogP contribution in [-0.2, 0) is 14.3 Å². The van der Waals surface area contributed by atoms with Gasteiger partial charge in [0.05, 0.1) is 25.4 Å². The summed E-state index contributed by atoms with van der Waals surface area (Å²) in [4.78, 5) is 13.0. The zero-order chi connectivity index (χ0) is 47.3. The van der Waals surface area contributed by atoms with E-state index in [4.69, 9.17) is 9.47 Å². The molecule has 7 unspecified atom stereocenters. The van der Waals surface area contributed by atoms with Crippen LogP contribution in [0.4, 0.5) is 0 Å². The van der Waals surface area contributed by atoms with Crippen LogP contribution in [0.25, 0.3) is 0 Å². The minimum absolute atomic E-state index is 0.193. The number of unbranched alkanes of at least 4 members (excludes halogenated alkanes) is 27. The summed E-state index contributed by atoms with van der Waals surface area (Å²) in [6.07, 6.45) is 54.5. The first-order valence-electron chi connectivity index (χ1n) is 27.0. The fourth-order valence-electron chi connectivity index (χ4n) is 8.23. The monoisotopic (exact) mass is 916 g/mol. The van der Waals surface area contributed by atoms with Crippen LogP contribution in [0.1, 0.15) is 232 Å². The van der Waals surface area contributed by atoms with E-state index in [9.17, 15) is 30.3 Å². The summed E-state index contributed by atoms with van der Waals surface area (Å²) in [5.74, 6) is -0.193. The average Bonchev–Trinajstić information content (AvgIpc) is 3.31. The Morgan fingerprint density at radius 2 is 0.954 bits per heavy atom. The maximum absolute atomic E-state index is 13.0. The van der Waals surface area contributed by atoms with Crippen LogP contribution < -0.4 is 5.32 Å². The minimum atomic E-state index is -1.57. The van der Waals surface area contributed by atoms with Gasteiger partial charge in [0.1, 0.15) is 24.4 Å². The van der Waals surface area contributed by atoms with Gasteiger partial charge in [-0.25, -0.2) is 0 Å². The second-order valence-electron chi connectivity index (χ2n) is 18.6. The van der Waals surface area contributed by atoms with Crippen LogP contribution in [0.3, 0.4) is 0 Å². The summed E-state index contributed by atoms with van der Waals surface area (Å²) < 4.78 is 11.2. The van der Waals surface area contributed by atoms with E-state index in [0.717, 1.165) is 64.2 Å². The third-order valence-electron chi connectivity index (χ3n) is 12.5. The number of hydrogen-bond acceptors (Lipinski definition) is 8. The number of nitrogens with one attached hydrogen (secondary N) is 1. The second-order valence-corrected chi connectivity index (χ2v) is 18.6. The molecule has 9 nitrogen and oxygen atoms in total. The van der Waals surface area contributed by atoms with Gasteiger partial charge >= 0.3 is 0 Å². The smallest absolute Gasteiger partial charge is 0.220 e. The maximum Gasteiger partial charge on any atom is 0.220 e. The highest BCUT2D eigenvalue weighted by Gasteiger charge is 2.44. The van der Waals surface area contributed by atoms with Gasteiger partial charge < -0.3 is 40.3 Å². The SMILES string of the molecule is CCC/C=C/CC/C=C/CC/C=C/C(O)C(COC1OC(CO)C(O)C(O)C1O)NC(=O)CCCCCCCCCCCCCCCCC/C=C\C/C=C\CCCCCCCCCCC. The lowest BCUT2D eigenvalue weighted by Gasteiger charge is -2.40. The molecule has 1 fully saturated rings. The highest BCUT2D eigenvalue weighted by Crippen LogP contribution is 2.23. The maximum atomic E-state index is 13.0. The third-order valence-corrected chi connectivity index (χ3v) is 12.5. The molecule has 1 rings (SSSR count). The van der Waals surface area contributed by atoms with Crippen molar-refractivity contribution in [1.82, 2.24) is 5.32 Å². The molecule has 0 aliphatic carbocycles. The standard InChI is InChI=1S/C56H101NO8/c1-3-5-7-9-11-13-15-16-17-18-19-20-21-22-23-24-25-26-27-28-29-30-31-32-33-34-36-38-40-42-44-46-52(60)57-49(48-64-56-55(63)54(62)53(61)51(47-58)65-56)50(59)45-43-41-39-37-35-14-12-10-8-6-4-2/h8,10,19-20,22-23,35,37,43,45,49-51,53-56,58-59,61-63H,3-7,9,11-18,21,24-34,36,38-42,44,46-48H2,1-2H3,(H,57,60)/b10-8+,20-19-,23-22-,37-35+,45-43+. The fraction of sp³-hybridized carbons (Fsp3) is 0.804. The summed E-state index contributed by atoms with van der Waals surface area (Å²) in [6, 6.07) is -0.828. The highest BCUT2D eigenvalue weighted by molar-refractivity contribution is 5.76. The Morgan fingerprint density at radius 1 is 0.523 bits per heavy atom. The molecular formula is C56H101NO8. The summed E-state index contributed by atoms with van der Waals surface area (Å²) in [5.41, 5.74) is 0. The molecule has 1 aliphatic heterocycles. The molecule has 65 heavy (non-hydrogen) atoms. The number of aliphatic hydroxyl groups excluding tert-OH is 5. The molecule has 0 saturated carbocycles. The third kappa shape index (κ3) is 35.7. The molecule has 6 N–H and O–H groups in total. The molecule has 0 aromatic heterocycles. The van der Waals surface area contributed by atoms with E-state index in [0.29, 0.717) is 6.42 Å². The first kappa shape index (κ1) is 60.9. The Bertz CT molecular complexity index is 1200. The molecule has 1 amide bonds. The minimum Gasteiger partial charge on any atom is -0.394 e. The second kappa shape index (κ2) is 45.7. The molecular weight excluding hydrogens is 815 g/mol. The number of allylic oxidation sites excluding steroid dienone is 9. The molecule has 1 saturated heterocycles. The van der Waals surface area contributed by atoms with Crippen LogP contribution in [-0.4, -0.2) is 87.5 Å². The molecule has 7 atom stereocenters. The molecule has 0 aromatic carbocycles. The van der Waals surface area contributed by atoms with Gasteiger partial charge in [-0.05, 0) is 70.6 Å².